The van der Waals surface area contributed by atoms with Gasteiger partial charge < -0.3 is 10.4 Å². The maximum Gasteiger partial charge on any atom is 0.320 e. The first-order valence-corrected chi connectivity index (χ1v) is 5.60. The lowest BCUT2D eigenvalue weighted by Gasteiger charge is -2.17. The van der Waals surface area contributed by atoms with Crippen LogP contribution < -0.4 is 5.32 Å². The minimum absolute atomic E-state index is 0.118. The molecule has 0 fully saturated rings. The SMILES string of the molecule is CC(Cc1ccc(Cl)cc1)N[C@@H](C)C(=O)O. The van der Waals surface area contributed by atoms with E-state index in [4.69, 9.17) is 16.7 Å². The molecule has 1 unspecified atom stereocenters. The van der Waals surface area contributed by atoms with Gasteiger partial charge in [-0.3, -0.25) is 4.79 Å². The van der Waals surface area contributed by atoms with Crippen molar-refractivity contribution in [2.24, 2.45) is 0 Å². The van der Waals surface area contributed by atoms with E-state index < -0.39 is 12.0 Å². The van der Waals surface area contributed by atoms with Gasteiger partial charge in [-0.1, -0.05) is 23.7 Å². The summed E-state index contributed by atoms with van der Waals surface area (Å²) in [5, 5.41) is 12.5. The van der Waals surface area contributed by atoms with Crippen LogP contribution in [0.2, 0.25) is 5.02 Å². The summed E-state index contributed by atoms with van der Waals surface area (Å²) in [6, 6.07) is 7.17. The van der Waals surface area contributed by atoms with E-state index in [1.165, 1.54) is 0 Å². The third-order valence-electron chi connectivity index (χ3n) is 2.36. The summed E-state index contributed by atoms with van der Waals surface area (Å²) in [4.78, 5) is 10.7. The average Bonchev–Trinajstić information content (AvgIpc) is 2.21. The Balaban J connectivity index is 2.48. The lowest BCUT2D eigenvalue weighted by Crippen LogP contribution is -2.40. The van der Waals surface area contributed by atoms with E-state index in [0.717, 1.165) is 12.0 Å². The predicted molar refractivity (Wildman–Crippen MR) is 64.9 cm³/mol. The van der Waals surface area contributed by atoms with Gasteiger partial charge in [-0.05, 0) is 38.0 Å². The molecule has 0 spiro atoms. The van der Waals surface area contributed by atoms with Gasteiger partial charge in [0.2, 0.25) is 0 Å². The van der Waals surface area contributed by atoms with Crippen molar-refractivity contribution in [3.63, 3.8) is 0 Å². The van der Waals surface area contributed by atoms with E-state index in [2.05, 4.69) is 5.32 Å². The smallest absolute Gasteiger partial charge is 0.320 e. The standard InChI is InChI=1S/C12H16ClNO2/c1-8(14-9(2)12(15)16)7-10-3-5-11(13)6-4-10/h3-6,8-9,14H,7H2,1-2H3,(H,15,16)/t8?,9-/m0/s1. The molecule has 0 amide bonds. The van der Waals surface area contributed by atoms with E-state index in [1.807, 2.05) is 31.2 Å². The fraction of sp³-hybridized carbons (Fsp3) is 0.417. The summed E-state index contributed by atoms with van der Waals surface area (Å²) >= 11 is 5.78. The number of carboxylic acids is 1. The van der Waals surface area contributed by atoms with Crippen molar-refractivity contribution in [1.29, 1.82) is 0 Å². The molecule has 16 heavy (non-hydrogen) atoms. The zero-order valence-electron chi connectivity index (χ0n) is 9.40. The van der Waals surface area contributed by atoms with Crippen LogP contribution in [0.5, 0.6) is 0 Å². The molecule has 0 aliphatic heterocycles. The second-order valence-electron chi connectivity index (χ2n) is 3.96. The monoisotopic (exact) mass is 241 g/mol. The molecule has 2 atom stereocenters. The van der Waals surface area contributed by atoms with Gasteiger partial charge in [0.25, 0.3) is 0 Å². The molecule has 1 aromatic rings. The first kappa shape index (κ1) is 13.0. The highest BCUT2D eigenvalue weighted by Gasteiger charge is 2.13. The Bertz CT molecular complexity index is 351. The quantitative estimate of drug-likeness (QED) is 0.832. The van der Waals surface area contributed by atoms with Gasteiger partial charge in [0, 0.05) is 11.1 Å². The molecule has 3 nitrogen and oxygen atoms in total. The molecule has 0 bridgehead atoms. The summed E-state index contributed by atoms with van der Waals surface area (Å²) < 4.78 is 0. The summed E-state index contributed by atoms with van der Waals surface area (Å²) in [5.74, 6) is -0.831. The molecule has 0 aliphatic rings. The number of hydrogen-bond donors (Lipinski definition) is 2. The number of nitrogens with one attached hydrogen (secondary N) is 1. The average molecular weight is 242 g/mol. The Labute approximate surface area is 100 Å². The van der Waals surface area contributed by atoms with Gasteiger partial charge in [-0.2, -0.15) is 0 Å². The lowest BCUT2D eigenvalue weighted by molar-refractivity contribution is -0.139. The van der Waals surface area contributed by atoms with Crippen LogP contribution >= 0.6 is 11.6 Å². The van der Waals surface area contributed by atoms with E-state index in [-0.39, 0.29) is 6.04 Å². The number of carboxylic acid groups (broad SMARTS) is 1. The molecule has 0 aromatic heterocycles. The maximum absolute atomic E-state index is 10.7. The molecule has 1 aromatic carbocycles. The predicted octanol–water partition coefficient (Wildman–Crippen LogP) is 2.33. The first-order valence-electron chi connectivity index (χ1n) is 5.22. The molecule has 0 saturated carbocycles. The summed E-state index contributed by atoms with van der Waals surface area (Å²) in [6.45, 7) is 3.61. The van der Waals surface area contributed by atoms with Crippen LogP contribution in [-0.2, 0) is 11.2 Å². The van der Waals surface area contributed by atoms with Gasteiger partial charge >= 0.3 is 5.97 Å². The zero-order chi connectivity index (χ0) is 12.1. The van der Waals surface area contributed by atoms with Crippen molar-refractivity contribution in [1.82, 2.24) is 5.32 Å². The Morgan fingerprint density at radius 2 is 1.94 bits per heavy atom. The number of hydrogen-bond acceptors (Lipinski definition) is 2. The number of halogens is 1. The Morgan fingerprint density at radius 3 is 2.44 bits per heavy atom. The molecule has 0 aliphatic carbocycles. The number of carbonyl (C=O) groups is 1. The number of benzene rings is 1. The molecule has 2 N–H and O–H groups in total. The fourth-order valence-electron chi connectivity index (χ4n) is 1.53. The van der Waals surface area contributed by atoms with Crippen molar-refractivity contribution in [2.75, 3.05) is 0 Å². The highest BCUT2D eigenvalue weighted by atomic mass is 35.5. The first-order chi connectivity index (χ1) is 7.49. The Hall–Kier alpha value is -1.06. The van der Waals surface area contributed by atoms with Crippen LogP contribution in [0.25, 0.3) is 0 Å². The maximum atomic E-state index is 10.7. The van der Waals surface area contributed by atoms with Gasteiger partial charge in [0.05, 0.1) is 0 Å². The summed E-state index contributed by atoms with van der Waals surface area (Å²) in [6.07, 6.45) is 0.786. The van der Waals surface area contributed by atoms with Gasteiger partial charge in [0.1, 0.15) is 6.04 Å². The summed E-state index contributed by atoms with van der Waals surface area (Å²) in [5.41, 5.74) is 1.14. The molecule has 88 valence electrons. The molecular formula is C12H16ClNO2. The van der Waals surface area contributed by atoms with Crippen molar-refractivity contribution < 1.29 is 9.90 Å². The van der Waals surface area contributed by atoms with E-state index >= 15 is 0 Å². The van der Waals surface area contributed by atoms with Crippen molar-refractivity contribution in [3.05, 3.63) is 34.9 Å². The van der Waals surface area contributed by atoms with Crippen molar-refractivity contribution in [3.8, 4) is 0 Å². The lowest BCUT2D eigenvalue weighted by atomic mass is 10.1. The number of aliphatic carboxylic acids is 1. The molecule has 0 radical (unpaired) electrons. The minimum atomic E-state index is -0.831. The number of rotatable bonds is 5. The molecule has 0 heterocycles. The third kappa shape index (κ3) is 4.21. The van der Waals surface area contributed by atoms with Gasteiger partial charge in [-0.15, -0.1) is 0 Å². The van der Waals surface area contributed by atoms with Crippen LogP contribution in [0.1, 0.15) is 19.4 Å². The van der Waals surface area contributed by atoms with Crippen molar-refractivity contribution in [2.45, 2.75) is 32.4 Å². The highest BCUT2D eigenvalue weighted by Crippen LogP contribution is 2.11. The van der Waals surface area contributed by atoms with Crippen molar-refractivity contribution >= 4 is 17.6 Å². The molecular weight excluding hydrogens is 226 g/mol. The molecule has 0 saturated heterocycles. The summed E-state index contributed by atoms with van der Waals surface area (Å²) in [7, 11) is 0. The second kappa shape index (κ2) is 5.87. The highest BCUT2D eigenvalue weighted by molar-refractivity contribution is 6.30. The van der Waals surface area contributed by atoms with Gasteiger partial charge in [-0.25, -0.2) is 0 Å². The van der Waals surface area contributed by atoms with Crippen LogP contribution in [0.3, 0.4) is 0 Å². The molecule has 4 heteroatoms. The topological polar surface area (TPSA) is 49.3 Å². The Morgan fingerprint density at radius 1 is 1.38 bits per heavy atom. The van der Waals surface area contributed by atoms with E-state index in [1.54, 1.807) is 6.92 Å². The molecule has 1 rings (SSSR count). The minimum Gasteiger partial charge on any atom is -0.480 e. The zero-order valence-corrected chi connectivity index (χ0v) is 10.2. The van der Waals surface area contributed by atoms with Crippen LogP contribution in [0.15, 0.2) is 24.3 Å². The van der Waals surface area contributed by atoms with Crippen LogP contribution in [-0.4, -0.2) is 23.2 Å². The second-order valence-corrected chi connectivity index (χ2v) is 4.39. The van der Waals surface area contributed by atoms with Crippen LogP contribution in [0, 0.1) is 0 Å². The Kier molecular flexibility index (Phi) is 4.77. The fourth-order valence-corrected chi connectivity index (χ4v) is 1.66. The third-order valence-corrected chi connectivity index (χ3v) is 2.61. The largest absolute Gasteiger partial charge is 0.480 e. The van der Waals surface area contributed by atoms with Crippen LogP contribution in [0.4, 0.5) is 0 Å². The van der Waals surface area contributed by atoms with E-state index in [0.29, 0.717) is 5.02 Å². The van der Waals surface area contributed by atoms with E-state index in [9.17, 15) is 4.79 Å². The normalized spacial score (nSPS) is 14.4. The van der Waals surface area contributed by atoms with Gasteiger partial charge in [0.15, 0.2) is 0 Å².